The quantitative estimate of drug-likeness (QED) is 0.204. The van der Waals surface area contributed by atoms with Crippen LogP contribution in [-0.4, -0.2) is 54.9 Å². The number of aromatic nitrogens is 1. The van der Waals surface area contributed by atoms with Crippen LogP contribution >= 0.6 is 0 Å². The maximum Gasteiger partial charge on any atom is 0.335 e. The molecule has 0 unspecified atom stereocenters. The van der Waals surface area contributed by atoms with E-state index in [1.165, 1.54) is 24.8 Å². The highest BCUT2D eigenvalue weighted by atomic mass is 16.5. The minimum atomic E-state index is -0.911. The third-order valence-corrected chi connectivity index (χ3v) is 9.30. The molecule has 1 saturated heterocycles. The molecule has 2 aliphatic rings. The Balaban J connectivity index is 0.00000125. The lowest BCUT2D eigenvalue weighted by atomic mass is 9.82. The van der Waals surface area contributed by atoms with Crippen LogP contribution in [0.15, 0.2) is 60.7 Å². The standard InChI is InChI=1S/C36H41N3O5.2C2H6/c1-24(40)37(2)29-12-16-32(39-17-19-43-20-18-39)28(21-29)23-44-30-13-9-26(10-14-30)35-34(25-7-5-4-6-8-25)31-15-11-27(36(41)42)22-33(31)38(35)3;2*1-2/h9-16,21-22,25H,4-8,17-20,23H2,1-3H3,(H,41,42);2*1-2H3. The Bertz CT molecular complexity index is 1660. The fraction of sp³-hybridized carbons (Fsp3) is 0.450. The number of carboxylic acid groups (broad SMARTS) is 1. The molecule has 258 valence electrons. The molecule has 1 aliphatic carbocycles. The van der Waals surface area contributed by atoms with Gasteiger partial charge >= 0.3 is 5.97 Å². The number of fused-ring (bicyclic) bond motifs is 1. The van der Waals surface area contributed by atoms with Crippen molar-refractivity contribution < 1.29 is 24.2 Å². The first kappa shape index (κ1) is 36.5. The van der Waals surface area contributed by atoms with Crippen molar-refractivity contribution in [3.63, 3.8) is 0 Å². The summed E-state index contributed by atoms with van der Waals surface area (Å²) in [5, 5.41) is 10.8. The van der Waals surface area contributed by atoms with Gasteiger partial charge in [-0.3, -0.25) is 4.79 Å². The molecule has 1 aliphatic heterocycles. The average Bonchev–Trinajstić information content (AvgIpc) is 3.44. The number of ether oxygens (including phenoxy) is 2. The molecule has 48 heavy (non-hydrogen) atoms. The van der Waals surface area contributed by atoms with E-state index < -0.39 is 5.97 Å². The van der Waals surface area contributed by atoms with Gasteiger partial charge in [0.2, 0.25) is 5.91 Å². The van der Waals surface area contributed by atoms with Crippen molar-refractivity contribution in [2.75, 3.05) is 43.2 Å². The molecule has 0 radical (unpaired) electrons. The number of rotatable bonds is 8. The summed E-state index contributed by atoms with van der Waals surface area (Å²) in [5.74, 6) is 0.281. The molecule has 8 nitrogen and oxygen atoms in total. The number of benzene rings is 3. The summed E-state index contributed by atoms with van der Waals surface area (Å²) in [5.41, 5.74) is 7.77. The van der Waals surface area contributed by atoms with Gasteiger partial charge < -0.3 is 28.9 Å². The van der Waals surface area contributed by atoms with Crippen LogP contribution in [0, 0.1) is 0 Å². The Morgan fingerprint density at radius 1 is 0.917 bits per heavy atom. The fourth-order valence-electron chi connectivity index (χ4n) is 6.81. The topological polar surface area (TPSA) is 84.2 Å². The van der Waals surface area contributed by atoms with Crippen molar-refractivity contribution in [2.24, 2.45) is 7.05 Å². The molecule has 2 heterocycles. The second kappa shape index (κ2) is 17.2. The number of carboxylic acids is 1. The maximum atomic E-state index is 12.1. The summed E-state index contributed by atoms with van der Waals surface area (Å²) >= 11 is 0. The molecule has 4 aromatic rings. The summed E-state index contributed by atoms with van der Waals surface area (Å²) in [6.07, 6.45) is 6.01. The number of carbonyl (C=O) groups is 2. The minimum absolute atomic E-state index is 0.0216. The zero-order valence-electron chi connectivity index (χ0n) is 29.8. The van der Waals surface area contributed by atoms with Crippen LogP contribution < -0.4 is 14.5 Å². The highest BCUT2D eigenvalue weighted by molar-refractivity contribution is 5.98. The molecule has 2 fully saturated rings. The number of amides is 1. The minimum Gasteiger partial charge on any atom is -0.489 e. The van der Waals surface area contributed by atoms with Gasteiger partial charge in [0.15, 0.2) is 0 Å². The molecule has 6 rings (SSSR count). The van der Waals surface area contributed by atoms with Crippen molar-refractivity contribution in [3.8, 4) is 17.0 Å². The largest absolute Gasteiger partial charge is 0.489 e. The zero-order valence-corrected chi connectivity index (χ0v) is 29.8. The van der Waals surface area contributed by atoms with Gasteiger partial charge in [-0.1, -0.05) is 53.0 Å². The highest BCUT2D eigenvalue weighted by Gasteiger charge is 2.26. The molecular weight excluding hydrogens is 602 g/mol. The molecular formula is C40H53N3O5. The first-order valence-corrected chi connectivity index (χ1v) is 17.6. The van der Waals surface area contributed by atoms with Crippen LogP contribution in [-0.2, 0) is 23.2 Å². The van der Waals surface area contributed by atoms with Crippen molar-refractivity contribution in [1.82, 2.24) is 4.57 Å². The predicted octanol–water partition coefficient (Wildman–Crippen LogP) is 9.04. The Morgan fingerprint density at radius 2 is 1.58 bits per heavy atom. The van der Waals surface area contributed by atoms with E-state index in [2.05, 4.69) is 27.7 Å². The molecule has 0 bridgehead atoms. The average molecular weight is 656 g/mol. The van der Waals surface area contributed by atoms with Gasteiger partial charge in [-0.15, -0.1) is 0 Å². The van der Waals surface area contributed by atoms with Crippen LogP contribution in [0.4, 0.5) is 11.4 Å². The number of carbonyl (C=O) groups excluding carboxylic acids is 1. The molecule has 1 N–H and O–H groups in total. The van der Waals surface area contributed by atoms with Gasteiger partial charge in [0.05, 0.1) is 24.5 Å². The number of nitrogens with zero attached hydrogens (tertiary/aromatic N) is 3. The SMILES string of the molecule is CC.CC.CC(=O)N(C)c1ccc(N2CCOCC2)c(COc2ccc(-c3c(C4CCCCC4)c4ccc(C(=O)O)cc4n3C)cc2)c1. The van der Waals surface area contributed by atoms with E-state index >= 15 is 0 Å². The Morgan fingerprint density at radius 3 is 2.21 bits per heavy atom. The normalized spacial score (nSPS) is 14.8. The molecule has 3 aromatic carbocycles. The van der Waals surface area contributed by atoms with E-state index in [1.54, 1.807) is 31.0 Å². The van der Waals surface area contributed by atoms with Crippen LogP contribution in [0.3, 0.4) is 0 Å². The molecule has 0 spiro atoms. The van der Waals surface area contributed by atoms with E-state index in [0.29, 0.717) is 31.3 Å². The third-order valence-electron chi connectivity index (χ3n) is 9.30. The number of anilines is 2. The zero-order chi connectivity index (χ0) is 34.8. The van der Waals surface area contributed by atoms with Crippen molar-refractivity contribution in [3.05, 3.63) is 77.4 Å². The van der Waals surface area contributed by atoms with Gasteiger partial charge in [0.25, 0.3) is 0 Å². The molecule has 1 saturated carbocycles. The first-order valence-electron chi connectivity index (χ1n) is 17.6. The summed E-state index contributed by atoms with van der Waals surface area (Å²) in [6, 6.07) is 19.9. The summed E-state index contributed by atoms with van der Waals surface area (Å²) in [4.78, 5) is 27.8. The number of aromatic carboxylic acids is 1. The highest BCUT2D eigenvalue weighted by Crippen LogP contribution is 2.44. The van der Waals surface area contributed by atoms with E-state index in [4.69, 9.17) is 9.47 Å². The third kappa shape index (κ3) is 8.04. The summed E-state index contributed by atoms with van der Waals surface area (Å²) in [6.45, 7) is 12.9. The molecule has 1 amide bonds. The number of aryl methyl sites for hydroxylation is 1. The van der Waals surface area contributed by atoms with Gasteiger partial charge in [0, 0.05) is 61.9 Å². The van der Waals surface area contributed by atoms with Crippen molar-refractivity contribution >= 4 is 34.2 Å². The second-order valence-corrected chi connectivity index (χ2v) is 12.0. The predicted molar refractivity (Wildman–Crippen MR) is 197 cm³/mol. The smallest absolute Gasteiger partial charge is 0.335 e. The molecule has 8 heteroatoms. The van der Waals surface area contributed by atoms with Gasteiger partial charge in [-0.2, -0.15) is 0 Å². The Hall–Kier alpha value is -4.30. The monoisotopic (exact) mass is 655 g/mol. The van der Waals surface area contributed by atoms with E-state index in [9.17, 15) is 14.7 Å². The molecule has 0 atom stereocenters. The van der Waals surface area contributed by atoms with Gasteiger partial charge in [0.1, 0.15) is 12.4 Å². The van der Waals surface area contributed by atoms with E-state index in [1.807, 2.05) is 65.1 Å². The van der Waals surface area contributed by atoms with Gasteiger partial charge in [-0.05, 0) is 84.5 Å². The maximum absolute atomic E-state index is 12.1. The number of hydrogen-bond acceptors (Lipinski definition) is 5. The van der Waals surface area contributed by atoms with Crippen LogP contribution in [0.5, 0.6) is 5.75 Å². The Labute approximate surface area is 286 Å². The number of morpholine rings is 1. The second-order valence-electron chi connectivity index (χ2n) is 12.0. The van der Waals surface area contributed by atoms with Crippen LogP contribution in [0.1, 0.15) is 94.1 Å². The Kier molecular flexibility index (Phi) is 13.1. The lowest BCUT2D eigenvalue weighted by Crippen LogP contribution is -2.37. The van der Waals surface area contributed by atoms with Gasteiger partial charge in [-0.25, -0.2) is 4.79 Å². The lowest BCUT2D eigenvalue weighted by Gasteiger charge is -2.31. The van der Waals surface area contributed by atoms with Crippen LogP contribution in [0.25, 0.3) is 22.2 Å². The number of hydrogen-bond donors (Lipinski definition) is 1. The van der Waals surface area contributed by atoms with Crippen molar-refractivity contribution in [2.45, 2.75) is 79.2 Å². The molecule has 1 aromatic heterocycles. The summed E-state index contributed by atoms with van der Waals surface area (Å²) < 4.78 is 14.1. The van der Waals surface area contributed by atoms with E-state index in [-0.39, 0.29) is 5.91 Å². The van der Waals surface area contributed by atoms with Crippen molar-refractivity contribution in [1.29, 1.82) is 0 Å². The van der Waals surface area contributed by atoms with E-state index in [0.717, 1.165) is 70.8 Å². The fourth-order valence-corrected chi connectivity index (χ4v) is 6.81. The lowest BCUT2D eigenvalue weighted by molar-refractivity contribution is -0.116. The first-order chi connectivity index (χ1) is 23.3. The summed E-state index contributed by atoms with van der Waals surface area (Å²) in [7, 11) is 3.82. The van der Waals surface area contributed by atoms with Crippen LogP contribution in [0.2, 0.25) is 0 Å².